The molecule has 0 bridgehead atoms. The van der Waals surface area contributed by atoms with Gasteiger partial charge in [-0.25, -0.2) is 0 Å². The molecular formula is C18H26N2O4. The van der Waals surface area contributed by atoms with Crippen molar-refractivity contribution < 1.29 is 19.1 Å². The van der Waals surface area contributed by atoms with Crippen molar-refractivity contribution in [1.29, 1.82) is 0 Å². The van der Waals surface area contributed by atoms with E-state index in [0.29, 0.717) is 11.3 Å². The van der Waals surface area contributed by atoms with Crippen LogP contribution >= 0.6 is 0 Å². The van der Waals surface area contributed by atoms with Gasteiger partial charge >= 0.3 is 5.97 Å². The highest BCUT2D eigenvalue weighted by atomic mass is 16.5. The zero-order valence-electron chi connectivity index (χ0n) is 14.6. The monoisotopic (exact) mass is 334 g/mol. The minimum absolute atomic E-state index is 0.00739. The molecule has 2 N–H and O–H groups in total. The molecule has 1 rings (SSSR count). The van der Waals surface area contributed by atoms with Gasteiger partial charge in [0.05, 0.1) is 7.11 Å². The topological polar surface area (TPSA) is 84.5 Å². The molecule has 1 aromatic carbocycles. The number of anilines is 1. The summed E-state index contributed by atoms with van der Waals surface area (Å²) >= 11 is 0. The summed E-state index contributed by atoms with van der Waals surface area (Å²) in [4.78, 5) is 35.1. The zero-order chi connectivity index (χ0) is 17.9. The number of nitrogens with one attached hydrogen (secondary N) is 2. The highest BCUT2D eigenvalue weighted by Gasteiger charge is 2.16. The van der Waals surface area contributed by atoms with Crippen LogP contribution in [0.1, 0.15) is 49.9 Å². The summed E-state index contributed by atoms with van der Waals surface area (Å²) < 4.78 is 4.46. The van der Waals surface area contributed by atoms with Gasteiger partial charge in [0.2, 0.25) is 5.91 Å². The van der Waals surface area contributed by atoms with Gasteiger partial charge in [-0.2, -0.15) is 0 Å². The lowest BCUT2D eigenvalue weighted by molar-refractivity contribution is -0.139. The van der Waals surface area contributed by atoms with Crippen molar-refractivity contribution in [2.24, 2.45) is 5.92 Å². The molecule has 1 unspecified atom stereocenters. The smallest absolute Gasteiger partial charge is 0.325 e. The van der Waals surface area contributed by atoms with Gasteiger partial charge < -0.3 is 15.4 Å². The van der Waals surface area contributed by atoms with Crippen LogP contribution in [0.25, 0.3) is 0 Å². The first-order valence-electron chi connectivity index (χ1n) is 8.27. The molecule has 0 saturated heterocycles. The van der Waals surface area contributed by atoms with Crippen LogP contribution in [0.5, 0.6) is 0 Å². The van der Waals surface area contributed by atoms with Crippen LogP contribution in [-0.4, -0.2) is 31.4 Å². The molecule has 0 radical (unpaired) electrons. The molecule has 0 aliphatic carbocycles. The first kappa shape index (κ1) is 19.7. The molecule has 132 valence electrons. The van der Waals surface area contributed by atoms with Crippen LogP contribution in [0.4, 0.5) is 5.69 Å². The minimum Gasteiger partial charge on any atom is -0.468 e. The molecule has 6 nitrogen and oxygen atoms in total. The maximum Gasteiger partial charge on any atom is 0.325 e. The number of carbonyl (C=O) groups is 3. The molecule has 0 aromatic heterocycles. The molecule has 1 atom stereocenters. The molecule has 2 amide bonds. The second kappa shape index (κ2) is 10.4. The molecule has 0 aliphatic heterocycles. The lowest BCUT2D eigenvalue weighted by atomic mass is 9.98. The fourth-order valence-electron chi connectivity index (χ4n) is 2.25. The number of rotatable bonds is 9. The van der Waals surface area contributed by atoms with Gasteiger partial charge in [0.15, 0.2) is 0 Å². The summed E-state index contributed by atoms with van der Waals surface area (Å²) in [6.45, 7) is 3.94. The Kier molecular flexibility index (Phi) is 8.54. The Morgan fingerprint density at radius 3 is 2.33 bits per heavy atom. The number of amides is 2. The van der Waals surface area contributed by atoms with E-state index < -0.39 is 5.97 Å². The maximum absolute atomic E-state index is 12.2. The van der Waals surface area contributed by atoms with E-state index in [0.717, 1.165) is 25.7 Å². The molecule has 0 saturated carbocycles. The van der Waals surface area contributed by atoms with E-state index in [1.54, 1.807) is 24.3 Å². The number of unbranched alkanes of at least 4 members (excludes halogenated alkanes) is 1. The summed E-state index contributed by atoms with van der Waals surface area (Å²) in [5.41, 5.74) is 1.06. The van der Waals surface area contributed by atoms with Crippen LogP contribution in [0.2, 0.25) is 0 Å². The third-order valence-electron chi connectivity index (χ3n) is 3.81. The van der Waals surface area contributed by atoms with Crippen LogP contribution in [0, 0.1) is 5.92 Å². The average molecular weight is 334 g/mol. The highest BCUT2D eigenvalue weighted by molar-refractivity contribution is 5.97. The van der Waals surface area contributed by atoms with E-state index in [-0.39, 0.29) is 24.3 Å². The second-order valence-corrected chi connectivity index (χ2v) is 5.57. The molecule has 0 spiro atoms. The summed E-state index contributed by atoms with van der Waals surface area (Å²) in [6, 6.07) is 6.57. The predicted octanol–water partition coefficient (Wildman–Crippen LogP) is 2.74. The third-order valence-corrected chi connectivity index (χ3v) is 3.81. The van der Waals surface area contributed by atoms with Gasteiger partial charge in [-0.05, 0) is 37.1 Å². The number of hydrogen-bond donors (Lipinski definition) is 2. The third kappa shape index (κ3) is 6.40. The summed E-state index contributed by atoms with van der Waals surface area (Å²) in [5, 5.41) is 5.34. The van der Waals surface area contributed by atoms with E-state index in [4.69, 9.17) is 0 Å². The van der Waals surface area contributed by atoms with Crippen molar-refractivity contribution in [1.82, 2.24) is 5.32 Å². The van der Waals surface area contributed by atoms with Crippen molar-refractivity contribution in [3.8, 4) is 0 Å². The number of methoxy groups -OCH3 is 1. The predicted molar refractivity (Wildman–Crippen MR) is 92.7 cm³/mol. The number of carbonyl (C=O) groups excluding carboxylic acids is 3. The molecule has 6 heteroatoms. The number of ether oxygens (including phenoxy) is 1. The van der Waals surface area contributed by atoms with Gasteiger partial charge in [-0.3, -0.25) is 14.4 Å². The number of hydrogen-bond acceptors (Lipinski definition) is 4. The maximum atomic E-state index is 12.2. The first-order chi connectivity index (χ1) is 11.5. The summed E-state index contributed by atoms with van der Waals surface area (Å²) in [7, 11) is 1.26. The Morgan fingerprint density at radius 1 is 1.12 bits per heavy atom. The van der Waals surface area contributed by atoms with E-state index in [1.165, 1.54) is 7.11 Å². The Bertz CT molecular complexity index is 555. The molecule has 0 fully saturated rings. The van der Waals surface area contributed by atoms with Crippen LogP contribution < -0.4 is 10.6 Å². The highest BCUT2D eigenvalue weighted by Crippen LogP contribution is 2.16. The molecule has 0 aliphatic rings. The quantitative estimate of drug-likeness (QED) is 0.680. The molecule has 1 aromatic rings. The molecule has 0 heterocycles. The van der Waals surface area contributed by atoms with Crippen LogP contribution in [0.15, 0.2) is 24.3 Å². The van der Waals surface area contributed by atoms with Crippen LogP contribution in [0.3, 0.4) is 0 Å². The van der Waals surface area contributed by atoms with Gasteiger partial charge in [0.1, 0.15) is 6.54 Å². The molecule has 24 heavy (non-hydrogen) atoms. The van der Waals surface area contributed by atoms with Crippen molar-refractivity contribution in [3.05, 3.63) is 29.8 Å². The summed E-state index contributed by atoms with van der Waals surface area (Å²) in [6.07, 6.45) is 3.79. The lowest BCUT2D eigenvalue weighted by Gasteiger charge is -2.14. The SMILES string of the molecule is CCCCC(CC)C(=O)Nc1ccc(C(=O)NCC(=O)OC)cc1. The van der Waals surface area contributed by atoms with Gasteiger partial charge in [-0.1, -0.05) is 26.7 Å². The Hall–Kier alpha value is -2.37. The van der Waals surface area contributed by atoms with Crippen molar-refractivity contribution in [2.45, 2.75) is 39.5 Å². The fourth-order valence-corrected chi connectivity index (χ4v) is 2.25. The lowest BCUT2D eigenvalue weighted by Crippen LogP contribution is -2.30. The van der Waals surface area contributed by atoms with Gasteiger partial charge in [-0.15, -0.1) is 0 Å². The van der Waals surface area contributed by atoms with Crippen molar-refractivity contribution >= 4 is 23.5 Å². The van der Waals surface area contributed by atoms with Gasteiger partial charge in [0.25, 0.3) is 5.91 Å². The fraction of sp³-hybridized carbons (Fsp3) is 0.500. The van der Waals surface area contributed by atoms with Crippen molar-refractivity contribution in [2.75, 3.05) is 19.0 Å². The van der Waals surface area contributed by atoms with E-state index in [2.05, 4.69) is 22.3 Å². The number of esters is 1. The number of benzene rings is 1. The van der Waals surface area contributed by atoms with Crippen LogP contribution in [-0.2, 0) is 14.3 Å². The normalized spacial score (nSPS) is 11.5. The van der Waals surface area contributed by atoms with Crippen molar-refractivity contribution in [3.63, 3.8) is 0 Å². The van der Waals surface area contributed by atoms with E-state index in [9.17, 15) is 14.4 Å². The Balaban J connectivity index is 2.59. The Labute approximate surface area is 143 Å². The zero-order valence-corrected chi connectivity index (χ0v) is 14.6. The first-order valence-corrected chi connectivity index (χ1v) is 8.27. The average Bonchev–Trinajstić information content (AvgIpc) is 2.60. The summed E-state index contributed by atoms with van der Waals surface area (Å²) in [5.74, 6) is -0.862. The molecular weight excluding hydrogens is 308 g/mol. The van der Waals surface area contributed by atoms with E-state index >= 15 is 0 Å². The minimum atomic E-state index is -0.509. The second-order valence-electron chi connectivity index (χ2n) is 5.57. The Morgan fingerprint density at radius 2 is 1.79 bits per heavy atom. The van der Waals surface area contributed by atoms with E-state index in [1.807, 2.05) is 6.92 Å². The standard InChI is InChI=1S/C18H26N2O4/c1-4-6-7-13(5-2)18(23)20-15-10-8-14(9-11-15)17(22)19-12-16(21)24-3/h8-11,13H,4-7,12H2,1-3H3,(H,19,22)(H,20,23). The van der Waals surface area contributed by atoms with Gasteiger partial charge in [0, 0.05) is 17.2 Å². The largest absolute Gasteiger partial charge is 0.468 e.